The molecule has 0 atom stereocenters. The van der Waals surface area contributed by atoms with Crippen LogP contribution in [0.5, 0.6) is 0 Å². The topological polar surface area (TPSA) is 0 Å². The Hall–Kier alpha value is -1.54. The van der Waals surface area contributed by atoms with E-state index in [9.17, 15) is 0 Å². The summed E-state index contributed by atoms with van der Waals surface area (Å²) in [6.07, 6.45) is 0. The van der Waals surface area contributed by atoms with E-state index < -0.39 is 19.8 Å². The van der Waals surface area contributed by atoms with Crippen LogP contribution in [0.4, 0.5) is 0 Å². The van der Waals surface area contributed by atoms with E-state index in [0.717, 1.165) is 0 Å². The van der Waals surface area contributed by atoms with Gasteiger partial charge in [-0.25, -0.2) is 0 Å². The number of hydrogen-bond acceptors (Lipinski definition) is 0. The van der Waals surface area contributed by atoms with Crippen molar-refractivity contribution in [3.05, 3.63) is 89.5 Å². The van der Waals surface area contributed by atoms with Crippen LogP contribution in [0.2, 0.25) is 0 Å². The number of hydrogen-bond donors (Lipinski definition) is 0. The molecule has 22 heavy (non-hydrogen) atoms. The molecule has 0 nitrogen and oxygen atoms in total. The summed E-state index contributed by atoms with van der Waals surface area (Å²) in [7, 11) is 0. The van der Waals surface area contributed by atoms with Crippen LogP contribution < -0.4 is 10.7 Å². The van der Waals surface area contributed by atoms with Gasteiger partial charge in [0.1, 0.15) is 0 Å². The summed E-state index contributed by atoms with van der Waals surface area (Å²) >= 11 is -2.06. The molecule has 0 aliphatic rings. The average molecular weight is 392 g/mol. The van der Waals surface area contributed by atoms with Crippen molar-refractivity contribution in [3.63, 3.8) is 0 Å². The van der Waals surface area contributed by atoms with E-state index in [1.807, 2.05) is 0 Å². The first-order valence-corrected chi connectivity index (χ1v) is 12.0. The molecule has 3 aromatic rings. The van der Waals surface area contributed by atoms with Crippen LogP contribution in [0.25, 0.3) is 0 Å². The van der Waals surface area contributed by atoms with Gasteiger partial charge >= 0.3 is 141 Å². The van der Waals surface area contributed by atoms with E-state index in [2.05, 4.69) is 93.6 Å². The summed E-state index contributed by atoms with van der Waals surface area (Å²) in [5, 5.41) is 0. The molecule has 0 bridgehead atoms. The van der Waals surface area contributed by atoms with Gasteiger partial charge in [0.2, 0.25) is 0 Å². The maximum atomic E-state index is 2.34. The Balaban J connectivity index is 2.10. The van der Waals surface area contributed by atoms with E-state index >= 15 is 0 Å². The third kappa shape index (κ3) is 3.44. The third-order valence-corrected chi connectivity index (χ3v) is 11.8. The van der Waals surface area contributed by atoms with Gasteiger partial charge in [0.25, 0.3) is 0 Å². The first-order chi connectivity index (χ1) is 10.6. The van der Waals surface area contributed by atoms with E-state index in [1.54, 1.807) is 10.7 Å². The molecule has 0 N–H and O–H groups in total. The van der Waals surface area contributed by atoms with Crippen LogP contribution in [0.15, 0.2) is 72.8 Å². The first-order valence-electron chi connectivity index (χ1n) is 7.71. The van der Waals surface area contributed by atoms with Crippen LogP contribution in [0.3, 0.4) is 0 Å². The zero-order chi connectivity index (χ0) is 15.5. The maximum absolute atomic E-state index is 2.34. The minimum absolute atomic E-state index is 1.33. The standard InChI is InChI=1S/3C7H7.Sn/c3*1-7-5-3-2-4-6-7;/h3*3-6H,1H3;. The fourth-order valence-electron chi connectivity index (χ4n) is 2.66. The van der Waals surface area contributed by atoms with Crippen molar-refractivity contribution in [1.82, 2.24) is 0 Å². The van der Waals surface area contributed by atoms with Crippen molar-refractivity contribution in [2.24, 2.45) is 0 Å². The number of aryl methyl sites for hydroxylation is 3. The van der Waals surface area contributed by atoms with Crippen molar-refractivity contribution in [2.75, 3.05) is 0 Å². The second-order valence-electron chi connectivity index (χ2n) is 5.97. The fourth-order valence-corrected chi connectivity index (χ4v) is 9.80. The molecule has 0 saturated carbocycles. The third-order valence-electron chi connectivity index (χ3n) is 4.02. The van der Waals surface area contributed by atoms with Crippen LogP contribution in [0, 0.1) is 20.8 Å². The normalized spacial score (nSPS) is 10.9. The zero-order valence-electron chi connectivity index (χ0n) is 13.4. The van der Waals surface area contributed by atoms with E-state index in [4.69, 9.17) is 0 Å². The summed E-state index contributed by atoms with van der Waals surface area (Å²) in [4.78, 5) is 0. The van der Waals surface area contributed by atoms with Gasteiger partial charge in [-0.15, -0.1) is 0 Å². The van der Waals surface area contributed by atoms with Gasteiger partial charge in [0.05, 0.1) is 0 Å². The summed E-state index contributed by atoms with van der Waals surface area (Å²) in [6.45, 7) is 6.47. The SMILES string of the molecule is Cc1cc[c]([Sn]([c]2ccc(C)cc2)[c]2ccc(C)cc2)cc1. The first kappa shape index (κ1) is 15.4. The molecule has 0 amide bonds. The second kappa shape index (κ2) is 6.70. The average Bonchev–Trinajstić information content (AvgIpc) is 2.53. The van der Waals surface area contributed by atoms with Crippen LogP contribution in [-0.4, -0.2) is 19.8 Å². The van der Waals surface area contributed by atoms with Gasteiger partial charge in [-0.3, -0.25) is 0 Å². The predicted octanol–water partition coefficient (Wildman–Crippen LogP) is 3.13. The molecule has 109 valence electrons. The van der Waals surface area contributed by atoms with Gasteiger partial charge in [-0.1, -0.05) is 0 Å². The second-order valence-corrected chi connectivity index (χ2v) is 13.1. The molecule has 0 aromatic heterocycles. The Labute approximate surface area is 140 Å². The minimum atomic E-state index is -2.06. The van der Waals surface area contributed by atoms with E-state index in [1.165, 1.54) is 16.7 Å². The van der Waals surface area contributed by atoms with E-state index in [0.29, 0.717) is 0 Å². The Bertz CT molecular complexity index is 629. The summed E-state index contributed by atoms with van der Waals surface area (Å²) in [6, 6.07) is 27.5. The molecule has 1 heteroatoms. The Morgan fingerprint density at radius 2 is 0.636 bits per heavy atom. The van der Waals surface area contributed by atoms with Gasteiger partial charge in [-0.05, 0) is 0 Å². The molecule has 0 saturated heterocycles. The van der Waals surface area contributed by atoms with Crippen molar-refractivity contribution < 1.29 is 0 Å². The summed E-state index contributed by atoms with van der Waals surface area (Å²) in [5.41, 5.74) is 4.00. The van der Waals surface area contributed by atoms with Gasteiger partial charge in [0.15, 0.2) is 0 Å². The molecule has 0 aliphatic heterocycles. The molecular weight excluding hydrogens is 371 g/mol. The molecule has 0 aliphatic carbocycles. The zero-order valence-corrected chi connectivity index (χ0v) is 16.3. The Morgan fingerprint density at radius 1 is 0.409 bits per heavy atom. The van der Waals surface area contributed by atoms with Crippen molar-refractivity contribution in [2.45, 2.75) is 20.8 Å². The molecular formula is C21H21Sn. The fraction of sp³-hybridized carbons (Fsp3) is 0.143. The molecule has 3 rings (SSSR count). The molecule has 0 fully saturated rings. The van der Waals surface area contributed by atoms with E-state index in [-0.39, 0.29) is 0 Å². The molecule has 3 aromatic carbocycles. The predicted molar refractivity (Wildman–Crippen MR) is 98.2 cm³/mol. The Kier molecular flexibility index (Phi) is 4.68. The summed E-state index contributed by atoms with van der Waals surface area (Å²) < 4.78 is 4.63. The van der Waals surface area contributed by atoms with Gasteiger partial charge in [0, 0.05) is 0 Å². The van der Waals surface area contributed by atoms with Crippen molar-refractivity contribution in [1.29, 1.82) is 0 Å². The molecule has 1 radical (unpaired) electrons. The molecule has 0 unspecified atom stereocenters. The molecule has 0 heterocycles. The number of rotatable bonds is 3. The van der Waals surface area contributed by atoms with Crippen LogP contribution in [0.1, 0.15) is 16.7 Å². The van der Waals surface area contributed by atoms with Gasteiger partial charge in [-0.2, -0.15) is 0 Å². The Morgan fingerprint density at radius 3 is 0.864 bits per heavy atom. The van der Waals surface area contributed by atoms with Crippen LogP contribution >= 0.6 is 0 Å². The monoisotopic (exact) mass is 393 g/mol. The quantitative estimate of drug-likeness (QED) is 0.601. The van der Waals surface area contributed by atoms with Crippen molar-refractivity contribution in [3.8, 4) is 0 Å². The van der Waals surface area contributed by atoms with Gasteiger partial charge < -0.3 is 0 Å². The summed E-state index contributed by atoms with van der Waals surface area (Å²) in [5.74, 6) is 0. The number of benzene rings is 3. The van der Waals surface area contributed by atoms with Crippen molar-refractivity contribution >= 4 is 30.5 Å². The van der Waals surface area contributed by atoms with Crippen LogP contribution in [-0.2, 0) is 0 Å². The molecule has 0 spiro atoms.